The Labute approximate surface area is 197 Å². The highest BCUT2D eigenvalue weighted by molar-refractivity contribution is 8.00. The van der Waals surface area contributed by atoms with Crippen LogP contribution in [0.25, 0.3) is 0 Å². The van der Waals surface area contributed by atoms with Crippen LogP contribution in [0.2, 0.25) is 0 Å². The summed E-state index contributed by atoms with van der Waals surface area (Å²) in [4.78, 5) is 13.0. The van der Waals surface area contributed by atoms with Crippen LogP contribution in [0.5, 0.6) is 11.5 Å². The number of hydrogen-bond acceptors (Lipinski definition) is 8. The Hall–Kier alpha value is -3.05. The van der Waals surface area contributed by atoms with E-state index < -0.39 is 15.1 Å². The highest BCUT2D eigenvalue weighted by atomic mass is 32.2. The molecule has 176 valence electrons. The van der Waals surface area contributed by atoms with E-state index in [1.807, 2.05) is 6.92 Å². The molecule has 0 aliphatic rings. The fraction of sp³-hybridized carbons (Fsp3) is 0.318. The van der Waals surface area contributed by atoms with Crippen molar-refractivity contribution in [3.05, 3.63) is 54.4 Å². The first-order chi connectivity index (χ1) is 15.8. The molecule has 0 saturated heterocycles. The van der Waals surface area contributed by atoms with Crippen LogP contribution in [-0.2, 0) is 26.9 Å². The fourth-order valence-electron chi connectivity index (χ4n) is 3.06. The number of carbonyl (C=O) groups is 1. The van der Waals surface area contributed by atoms with E-state index in [1.54, 1.807) is 67.1 Å². The molecule has 1 atom stereocenters. The molecule has 3 rings (SSSR count). The third-order valence-electron chi connectivity index (χ3n) is 4.85. The van der Waals surface area contributed by atoms with Crippen molar-refractivity contribution in [1.29, 1.82) is 0 Å². The molecule has 0 aliphatic carbocycles. The molecule has 1 N–H and O–H groups in total. The van der Waals surface area contributed by atoms with Crippen LogP contribution in [0.15, 0.2) is 58.6 Å². The molecule has 1 aromatic heterocycles. The van der Waals surface area contributed by atoms with Gasteiger partial charge in [0.2, 0.25) is 5.91 Å². The van der Waals surface area contributed by atoms with Crippen molar-refractivity contribution in [3.8, 4) is 11.5 Å². The van der Waals surface area contributed by atoms with Crippen LogP contribution in [0.3, 0.4) is 0 Å². The Morgan fingerprint density at radius 3 is 2.48 bits per heavy atom. The predicted octanol–water partition coefficient (Wildman–Crippen LogP) is 3.41. The first-order valence-electron chi connectivity index (χ1n) is 10.2. The van der Waals surface area contributed by atoms with Gasteiger partial charge in [-0.1, -0.05) is 30.0 Å². The van der Waals surface area contributed by atoms with Crippen molar-refractivity contribution in [1.82, 2.24) is 14.8 Å². The maximum Gasteiger partial charge on any atom is 0.237 e. The standard InChI is InChI=1S/C22H26N4O5S2/c1-5-26-20(14-33(28,29)17-9-7-6-8-10-17)24-25-22(26)32-15(2)21(27)23-18-12-11-16(30-3)13-19(18)31-4/h6-13,15H,5,14H2,1-4H3,(H,23,27). The summed E-state index contributed by atoms with van der Waals surface area (Å²) in [5, 5.41) is 11.0. The number of benzene rings is 2. The molecule has 0 spiro atoms. The zero-order valence-electron chi connectivity index (χ0n) is 18.8. The third kappa shape index (κ3) is 5.85. The van der Waals surface area contributed by atoms with Gasteiger partial charge >= 0.3 is 0 Å². The van der Waals surface area contributed by atoms with Crippen LogP contribution >= 0.6 is 11.8 Å². The van der Waals surface area contributed by atoms with Gasteiger partial charge < -0.3 is 19.4 Å². The molecule has 1 heterocycles. The minimum atomic E-state index is -3.57. The number of ether oxygens (including phenoxy) is 2. The van der Waals surface area contributed by atoms with Gasteiger partial charge in [0.15, 0.2) is 15.0 Å². The number of nitrogens with one attached hydrogen (secondary N) is 1. The van der Waals surface area contributed by atoms with E-state index in [-0.39, 0.29) is 16.6 Å². The van der Waals surface area contributed by atoms with Crippen LogP contribution in [0.1, 0.15) is 19.7 Å². The molecule has 33 heavy (non-hydrogen) atoms. The summed E-state index contributed by atoms with van der Waals surface area (Å²) in [6, 6.07) is 13.3. The summed E-state index contributed by atoms with van der Waals surface area (Å²) < 4.78 is 37.7. The number of thioether (sulfide) groups is 1. The van der Waals surface area contributed by atoms with E-state index in [2.05, 4.69) is 15.5 Å². The summed E-state index contributed by atoms with van der Waals surface area (Å²) in [7, 11) is -0.506. The van der Waals surface area contributed by atoms with Crippen molar-refractivity contribution in [3.63, 3.8) is 0 Å². The molecule has 9 nitrogen and oxygen atoms in total. The van der Waals surface area contributed by atoms with Crippen LogP contribution in [-0.4, -0.2) is 48.6 Å². The molecular formula is C22H26N4O5S2. The lowest BCUT2D eigenvalue weighted by molar-refractivity contribution is -0.115. The second-order valence-electron chi connectivity index (χ2n) is 7.03. The van der Waals surface area contributed by atoms with E-state index in [9.17, 15) is 13.2 Å². The average Bonchev–Trinajstić information content (AvgIpc) is 3.19. The first kappa shape index (κ1) is 24.6. The lowest BCUT2D eigenvalue weighted by Gasteiger charge is -2.15. The minimum Gasteiger partial charge on any atom is -0.497 e. The zero-order chi connectivity index (χ0) is 24.0. The maximum absolute atomic E-state index is 12.8. The number of carbonyl (C=O) groups excluding carboxylic acids is 1. The number of anilines is 1. The van der Waals surface area contributed by atoms with Gasteiger partial charge in [-0.25, -0.2) is 8.42 Å². The summed E-state index contributed by atoms with van der Waals surface area (Å²) in [5.74, 6) is 0.884. The Bertz CT molecular complexity index is 1210. The summed E-state index contributed by atoms with van der Waals surface area (Å²) >= 11 is 1.20. The highest BCUT2D eigenvalue weighted by Gasteiger charge is 2.24. The molecular weight excluding hydrogens is 464 g/mol. The lowest BCUT2D eigenvalue weighted by Crippen LogP contribution is -2.23. The van der Waals surface area contributed by atoms with Gasteiger partial charge in [-0.2, -0.15) is 0 Å². The van der Waals surface area contributed by atoms with Crippen LogP contribution in [0, 0.1) is 0 Å². The number of aromatic nitrogens is 3. The molecule has 11 heteroatoms. The second kappa shape index (κ2) is 10.7. The highest BCUT2D eigenvalue weighted by Crippen LogP contribution is 2.30. The van der Waals surface area contributed by atoms with E-state index >= 15 is 0 Å². The Morgan fingerprint density at radius 1 is 1.12 bits per heavy atom. The lowest BCUT2D eigenvalue weighted by atomic mass is 10.2. The van der Waals surface area contributed by atoms with Gasteiger partial charge in [-0.15, -0.1) is 10.2 Å². The maximum atomic E-state index is 12.8. The number of hydrogen-bond donors (Lipinski definition) is 1. The largest absolute Gasteiger partial charge is 0.497 e. The summed E-state index contributed by atoms with van der Waals surface area (Å²) in [6.07, 6.45) is 0. The number of amides is 1. The van der Waals surface area contributed by atoms with Crippen molar-refractivity contribution in [2.75, 3.05) is 19.5 Å². The molecule has 0 radical (unpaired) electrons. The Morgan fingerprint density at radius 2 is 1.85 bits per heavy atom. The SMILES string of the molecule is CCn1c(CS(=O)(=O)c2ccccc2)nnc1SC(C)C(=O)Nc1ccc(OC)cc1OC. The quantitative estimate of drug-likeness (QED) is 0.430. The number of nitrogens with zero attached hydrogens (tertiary/aromatic N) is 3. The van der Waals surface area contributed by atoms with Gasteiger partial charge in [0.1, 0.15) is 23.1 Å². The van der Waals surface area contributed by atoms with Crippen LogP contribution in [0.4, 0.5) is 5.69 Å². The normalized spacial score (nSPS) is 12.2. The van der Waals surface area contributed by atoms with E-state index in [0.29, 0.717) is 34.7 Å². The average molecular weight is 491 g/mol. The van der Waals surface area contributed by atoms with E-state index in [4.69, 9.17) is 9.47 Å². The van der Waals surface area contributed by atoms with Crippen molar-refractivity contribution in [2.45, 2.75) is 41.4 Å². The van der Waals surface area contributed by atoms with Gasteiger partial charge in [-0.3, -0.25) is 4.79 Å². The number of rotatable bonds is 10. The predicted molar refractivity (Wildman–Crippen MR) is 127 cm³/mol. The molecule has 3 aromatic rings. The zero-order valence-corrected chi connectivity index (χ0v) is 20.4. The molecule has 1 amide bonds. The smallest absolute Gasteiger partial charge is 0.237 e. The number of sulfone groups is 1. The fourth-order valence-corrected chi connectivity index (χ4v) is 5.28. The molecule has 2 aromatic carbocycles. The van der Waals surface area contributed by atoms with Crippen molar-refractivity contribution >= 4 is 33.2 Å². The number of methoxy groups -OCH3 is 2. The van der Waals surface area contributed by atoms with Gasteiger partial charge in [0, 0.05) is 12.6 Å². The van der Waals surface area contributed by atoms with E-state index in [1.165, 1.54) is 18.9 Å². The third-order valence-corrected chi connectivity index (χ3v) is 7.56. The van der Waals surface area contributed by atoms with Gasteiger partial charge in [0.25, 0.3) is 0 Å². The van der Waals surface area contributed by atoms with Crippen molar-refractivity contribution < 1.29 is 22.7 Å². The monoisotopic (exact) mass is 490 g/mol. The first-order valence-corrected chi connectivity index (χ1v) is 12.7. The van der Waals surface area contributed by atoms with Gasteiger partial charge in [0.05, 0.1) is 30.1 Å². The molecule has 0 bridgehead atoms. The minimum absolute atomic E-state index is 0.228. The van der Waals surface area contributed by atoms with Crippen LogP contribution < -0.4 is 14.8 Å². The summed E-state index contributed by atoms with van der Waals surface area (Å²) in [5.41, 5.74) is 0.516. The second-order valence-corrected chi connectivity index (χ2v) is 10.3. The summed E-state index contributed by atoms with van der Waals surface area (Å²) in [6.45, 7) is 4.08. The van der Waals surface area contributed by atoms with Crippen molar-refractivity contribution in [2.24, 2.45) is 0 Å². The van der Waals surface area contributed by atoms with E-state index in [0.717, 1.165) is 0 Å². The molecule has 0 fully saturated rings. The molecule has 0 saturated carbocycles. The molecule has 1 unspecified atom stereocenters. The topological polar surface area (TPSA) is 112 Å². The Balaban J connectivity index is 1.73. The Kier molecular flexibility index (Phi) is 7.98. The molecule has 0 aliphatic heterocycles. The van der Waals surface area contributed by atoms with Gasteiger partial charge in [-0.05, 0) is 38.1 Å².